The number of rotatable bonds is 8. The number of ketones is 1. The van der Waals surface area contributed by atoms with Gasteiger partial charge >= 0.3 is 5.97 Å². The Balaban J connectivity index is 1.45. The SMILES string of the molecule is Cc1ccc(C(=O)c2cccn2C/C=C/c2ccn(Cc3c(Cl)cccc3C(=O)O)n2)cc1. The summed E-state index contributed by atoms with van der Waals surface area (Å²) in [5.41, 5.74) is 3.78. The van der Waals surface area contributed by atoms with Gasteiger partial charge in [-0.1, -0.05) is 53.6 Å². The maximum atomic E-state index is 12.8. The minimum atomic E-state index is -1.03. The number of hydrogen-bond donors (Lipinski definition) is 1. The molecule has 0 unspecified atom stereocenters. The summed E-state index contributed by atoms with van der Waals surface area (Å²) in [4.78, 5) is 24.3. The zero-order valence-corrected chi connectivity index (χ0v) is 18.7. The van der Waals surface area contributed by atoms with Gasteiger partial charge in [-0.2, -0.15) is 5.10 Å². The number of aromatic nitrogens is 3. The van der Waals surface area contributed by atoms with E-state index < -0.39 is 5.97 Å². The normalized spacial score (nSPS) is 11.2. The van der Waals surface area contributed by atoms with Gasteiger partial charge in [-0.15, -0.1) is 0 Å². The van der Waals surface area contributed by atoms with E-state index in [2.05, 4.69) is 5.10 Å². The molecule has 0 amide bonds. The van der Waals surface area contributed by atoms with Crippen LogP contribution >= 0.6 is 11.6 Å². The Bertz CT molecular complexity index is 1330. The number of halogens is 1. The van der Waals surface area contributed by atoms with Gasteiger partial charge in [0, 0.05) is 35.1 Å². The topological polar surface area (TPSA) is 77.1 Å². The fourth-order valence-corrected chi connectivity index (χ4v) is 3.79. The molecule has 0 radical (unpaired) electrons. The third-order valence-corrected chi connectivity index (χ3v) is 5.65. The Morgan fingerprint density at radius 3 is 2.58 bits per heavy atom. The van der Waals surface area contributed by atoms with E-state index >= 15 is 0 Å². The third-order valence-electron chi connectivity index (χ3n) is 5.30. The third kappa shape index (κ3) is 5.13. The van der Waals surface area contributed by atoms with E-state index in [1.807, 2.05) is 72.3 Å². The number of carboxylic acids is 1. The van der Waals surface area contributed by atoms with Crippen LogP contribution in [0.25, 0.3) is 6.08 Å². The molecule has 33 heavy (non-hydrogen) atoms. The number of allylic oxidation sites excluding steroid dienone is 1. The average molecular weight is 460 g/mol. The lowest BCUT2D eigenvalue weighted by molar-refractivity contribution is 0.0695. The lowest BCUT2D eigenvalue weighted by Gasteiger charge is -2.08. The first-order valence-corrected chi connectivity index (χ1v) is 10.8. The molecule has 7 heteroatoms. The smallest absolute Gasteiger partial charge is 0.336 e. The second-order valence-corrected chi connectivity index (χ2v) is 8.06. The lowest BCUT2D eigenvalue weighted by atomic mass is 10.1. The van der Waals surface area contributed by atoms with Crippen LogP contribution in [0.3, 0.4) is 0 Å². The summed E-state index contributed by atoms with van der Waals surface area (Å²) in [5, 5.41) is 14.3. The minimum Gasteiger partial charge on any atom is -0.478 e. The van der Waals surface area contributed by atoms with Crippen molar-refractivity contribution >= 4 is 29.4 Å². The van der Waals surface area contributed by atoms with E-state index in [0.717, 1.165) is 11.3 Å². The molecular weight excluding hydrogens is 438 g/mol. The first-order valence-electron chi connectivity index (χ1n) is 10.4. The van der Waals surface area contributed by atoms with E-state index in [-0.39, 0.29) is 17.9 Å². The number of carbonyl (C=O) groups is 2. The molecule has 0 saturated heterocycles. The van der Waals surface area contributed by atoms with Crippen LogP contribution in [0.4, 0.5) is 0 Å². The van der Waals surface area contributed by atoms with Crippen LogP contribution in [0.2, 0.25) is 5.02 Å². The van der Waals surface area contributed by atoms with E-state index in [4.69, 9.17) is 11.6 Å². The van der Waals surface area contributed by atoms with Gasteiger partial charge in [0.1, 0.15) is 0 Å². The molecule has 0 spiro atoms. The van der Waals surface area contributed by atoms with E-state index in [1.165, 1.54) is 6.07 Å². The zero-order chi connectivity index (χ0) is 23.4. The van der Waals surface area contributed by atoms with Crippen molar-refractivity contribution in [3.63, 3.8) is 0 Å². The van der Waals surface area contributed by atoms with E-state index in [0.29, 0.717) is 28.4 Å². The molecule has 0 aliphatic carbocycles. The van der Waals surface area contributed by atoms with Crippen molar-refractivity contribution in [2.24, 2.45) is 0 Å². The predicted molar refractivity (Wildman–Crippen MR) is 128 cm³/mol. The quantitative estimate of drug-likeness (QED) is 0.361. The van der Waals surface area contributed by atoms with Crippen molar-refractivity contribution in [2.75, 3.05) is 0 Å². The van der Waals surface area contributed by atoms with Crippen LogP contribution in [0, 0.1) is 6.92 Å². The first-order chi connectivity index (χ1) is 15.9. The molecule has 0 aliphatic heterocycles. The summed E-state index contributed by atoms with van der Waals surface area (Å²) in [6, 6.07) is 17.9. The maximum Gasteiger partial charge on any atom is 0.336 e. The van der Waals surface area contributed by atoms with Crippen LogP contribution in [-0.2, 0) is 13.1 Å². The van der Waals surface area contributed by atoms with Crippen LogP contribution in [-0.4, -0.2) is 31.2 Å². The standard InChI is InChI=1S/C26H22ClN3O3/c1-18-9-11-19(12-10-18)25(31)24-8-4-15-29(24)14-3-5-20-13-16-30(28-20)17-22-21(26(32)33)6-2-7-23(22)27/h2-13,15-16H,14,17H2,1H3,(H,32,33)/b5-3+. The fraction of sp³-hybridized carbons (Fsp3) is 0.115. The van der Waals surface area contributed by atoms with Crippen molar-refractivity contribution < 1.29 is 14.7 Å². The molecule has 0 fully saturated rings. The van der Waals surface area contributed by atoms with Gasteiger partial charge in [0.15, 0.2) is 0 Å². The Morgan fingerprint density at radius 1 is 1.03 bits per heavy atom. The summed E-state index contributed by atoms with van der Waals surface area (Å²) >= 11 is 6.21. The molecule has 0 saturated carbocycles. The molecule has 4 aromatic rings. The molecule has 0 atom stereocenters. The molecule has 4 rings (SSSR count). The summed E-state index contributed by atoms with van der Waals surface area (Å²) in [6.45, 7) is 2.75. The molecule has 2 heterocycles. The number of nitrogens with zero attached hydrogens (tertiary/aromatic N) is 3. The van der Waals surface area contributed by atoms with Gasteiger partial charge in [-0.05, 0) is 43.3 Å². The molecule has 0 aliphatic rings. The highest BCUT2D eigenvalue weighted by atomic mass is 35.5. The van der Waals surface area contributed by atoms with Crippen LogP contribution in [0.15, 0.2) is 79.1 Å². The highest BCUT2D eigenvalue weighted by molar-refractivity contribution is 6.31. The van der Waals surface area contributed by atoms with Crippen molar-refractivity contribution in [3.05, 3.63) is 118 Å². The summed E-state index contributed by atoms with van der Waals surface area (Å²) in [7, 11) is 0. The number of carbonyl (C=O) groups excluding carboxylic acids is 1. The molecular formula is C26H22ClN3O3. The van der Waals surface area contributed by atoms with Crippen molar-refractivity contribution in [1.29, 1.82) is 0 Å². The van der Waals surface area contributed by atoms with Gasteiger partial charge in [0.25, 0.3) is 0 Å². The minimum absolute atomic E-state index is 0.0216. The Kier molecular flexibility index (Phi) is 6.56. The predicted octanol–water partition coefficient (Wildman–Crippen LogP) is 5.34. The molecule has 166 valence electrons. The second-order valence-electron chi connectivity index (χ2n) is 7.65. The highest BCUT2D eigenvalue weighted by Gasteiger charge is 2.14. The van der Waals surface area contributed by atoms with Gasteiger partial charge in [-0.25, -0.2) is 4.79 Å². The Morgan fingerprint density at radius 2 is 1.82 bits per heavy atom. The molecule has 1 N–H and O–H groups in total. The largest absolute Gasteiger partial charge is 0.478 e. The lowest BCUT2D eigenvalue weighted by Crippen LogP contribution is -2.09. The monoisotopic (exact) mass is 459 g/mol. The number of benzene rings is 2. The van der Waals surface area contributed by atoms with Crippen LogP contribution in [0.5, 0.6) is 0 Å². The van der Waals surface area contributed by atoms with E-state index in [9.17, 15) is 14.7 Å². The number of aryl methyl sites for hydroxylation is 1. The summed E-state index contributed by atoms with van der Waals surface area (Å²) in [6.07, 6.45) is 7.43. The second kappa shape index (κ2) is 9.71. The van der Waals surface area contributed by atoms with Crippen molar-refractivity contribution in [2.45, 2.75) is 20.0 Å². The first kappa shape index (κ1) is 22.3. The molecule has 2 aromatic carbocycles. The Hall–Kier alpha value is -3.90. The maximum absolute atomic E-state index is 12.8. The average Bonchev–Trinajstić information content (AvgIpc) is 3.45. The molecule has 6 nitrogen and oxygen atoms in total. The van der Waals surface area contributed by atoms with Crippen molar-refractivity contribution in [3.8, 4) is 0 Å². The van der Waals surface area contributed by atoms with Gasteiger partial charge < -0.3 is 9.67 Å². The van der Waals surface area contributed by atoms with Crippen LogP contribution in [0.1, 0.15) is 43.2 Å². The number of aromatic carboxylic acids is 1. The zero-order valence-electron chi connectivity index (χ0n) is 18.0. The summed E-state index contributed by atoms with van der Waals surface area (Å²) < 4.78 is 3.54. The summed E-state index contributed by atoms with van der Waals surface area (Å²) in [5.74, 6) is -1.05. The fourth-order valence-electron chi connectivity index (χ4n) is 3.56. The highest BCUT2D eigenvalue weighted by Crippen LogP contribution is 2.21. The van der Waals surface area contributed by atoms with Gasteiger partial charge in [-0.3, -0.25) is 9.48 Å². The molecule has 0 bridgehead atoms. The number of hydrogen-bond acceptors (Lipinski definition) is 3. The van der Waals surface area contributed by atoms with Gasteiger partial charge in [0.2, 0.25) is 5.78 Å². The molecule has 2 aromatic heterocycles. The number of carboxylic acid groups (broad SMARTS) is 1. The van der Waals surface area contributed by atoms with Crippen LogP contribution < -0.4 is 0 Å². The van der Waals surface area contributed by atoms with E-state index in [1.54, 1.807) is 23.0 Å². The Labute approximate surface area is 196 Å². The van der Waals surface area contributed by atoms with Gasteiger partial charge in [0.05, 0.1) is 23.5 Å². The van der Waals surface area contributed by atoms with Crippen molar-refractivity contribution in [1.82, 2.24) is 14.3 Å².